The smallest absolute Gasteiger partial charge is 0.139 e. The Bertz CT molecular complexity index is 388. The number of nitrogens with one attached hydrogen (secondary N) is 1. The van der Waals surface area contributed by atoms with Gasteiger partial charge in [-0.25, -0.2) is 0 Å². The average Bonchev–Trinajstić information content (AvgIpc) is 2.43. The first-order valence-corrected chi connectivity index (χ1v) is 7.85. The van der Waals surface area contributed by atoms with Gasteiger partial charge >= 0.3 is 0 Å². The van der Waals surface area contributed by atoms with Gasteiger partial charge in [0, 0.05) is 17.6 Å². The summed E-state index contributed by atoms with van der Waals surface area (Å²) in [5, 5.41) is 14.1. The van der Waals surface area contributed by atoms with Crippen LogP contribution in [0.2, 0.25) is 10.0 Å². The molecule has 0 heterocycles. The Labute approximate surface area is 131 Å². The van der Waals surface area contributed by atoms with Gasteiger partial charge < -0.3 is 15.2 Å². The third-order valence-electron chi connectivity index (χ3n) is 2.91. The van der Waals surface area contributed by atoms with Crippen LogP contribution >= 0.6 is 23.2 Å². The molecule has 2 N–H and O–H groups in total. The quantitative estimate of drug-likeness (QED) is 0.642. The van der Waals surface area contributed by atoms with Crippen LogP contribution in [-0.2, 0) is 0 Å². The van der Waals surface area contributed by atoms with Crippen molar-refractivity contribution >= 4 is 23.2 Å². The highest BCUT2D eigenvalue weighted by Gasteiger charge is 2.07. The second kappa shape index (κ2) is 10.3. The van der Waals surface area contributed by atoms with E-state index in [9.17, 15) is 5.11 Å². The van der Waals surface area contributed by atoms with Crippen LogP contribution in [-0.4, -0.2) is 30.9 Å². The van der Waals surface area contributed by atoms with Gasteiger partial charge in [-0.1, -0.05) is 49.4 Å². The van der Waals surface area contributed by atoms with E-state index in [1.807, 2.05) is 0 Å². The molecule has 1 aromatic carbocycles. The number of ether oxygens (including phenoxy) is 1. The van der Waals surface area contributed by atoms with Gasteiger partial charge in [0.25, 0.3) is 0 Å². The molecular formula is C15H23Cl2NO2. The second-order valence-electron chi connectivity index (χ2n) is 4.80. The van der Waals surface area contributed by atoms with Gasteiger partial charge in [-0.15, -0.1) is 0 Å². The van der Waals surface area contributed by atoms with Gasteiger partial charge in [-0.05, 0) is 25.1 Å². The minimum absolute atomic E-state index is 0.196. The zero-order valence-electron chi connectivity index (χ0n) is 11.9. The standard InChI is InChI=1S/C15H23Cl2NO2/c1-2-3-4-5-8-18-10-13(19)11-20-15-9-12(16)6-7-14(15)17/h6-7,9,13,18-19H,2-5,8,10-11H2,1H3. The topological polar surface area (TPSA) is 41.5 Å². The Kier molecular flexibility index (Phi) is 9.03. The molecule has 0 fully saturated rings. The summed E-state index contributed by atoms with van der Waals surface area (Å²) >= 11 is 11.8. The Morgan fingerprint density at radius 2 is 2.05 bits per heavy atom. The number of benzene rings is 1. The molecule has 0 aliphatic carbocycles. The second-order valence-corrected chi connectivity index (χ2v) is 5.65. The molecule has 20 heavy (non-hydrogen) atoms. The van der Waals surface area contributed by atoms with Gasteiger partial charge in [-0.3, -0.25) is 0 Å². The van der Waals surface area contributed by atoms with Crippen molar-refractivity contribution in [2.75, 3.05) is 19.7 Å². The van der Waals surface area contributed by atoms with Crippen molar-refractivity contribution in [1.29, 1.82) is 0 Å². The molecule has 0 aliphatic heterocycles. The van der Waals surface area contributed by atoms with Crippen molar-refractivity contribution < 1.29 is 9.84 Å². The van der Waals surface area contributed by atoms with Crippen LogP contribution < -0.4 is 10.1 Å². The fourth-order valence-corrected chi connectivity index (χ4v) is 2.11. The lowest BCUT2D eigenvalue weighted by molar-refractivity contribution is 0.106. The normalized spacial score (nSPS) is 12.4. The fourth-order valence-electron chi connectivity index (χ4n) is 1.78. The summed E-state index contributed by atoms with van der Waals surface area (Å²) in [6.07, 6.45) is 4.31. The number of aliphatic hydroxyl groups excluding tert-OH is 1. The van der Waals surface area contributed by atoms with Crippen LogP contribution in [0.1, 0.15) is 32.6 Å². The molecule has 1 aromatic rings. The Balaban J connectivity index is 2.16. The molecule has 3 nitrogen and oxygen atoms in total. The summed E-state index contributed by atoms with van der Waals surface area (Å²) in [4.78, 5) is 0. The monoisotopic (exact) mass is 319 g/mol. The van der Waals surface area contributed by atoms with Gasteiger partial charge in [0.2, 0.25) is 0 Å². The first kappa shape index (κ1) is 17.6. The lowest BCUT2D eigenvalue weighted by Gasteiger charge is -2.14. The third kappa shape index (κ3) is 7.34. The van der Waals surface area contributed by atoms with Crippen LogP contribution in [0.4, 0.5) is 0 Å². The SMILES string of the molecule is CCCCCCNCC(O)COc1cc(Cl)ccc1Cl. The Morgan fingerprint density at radius 1 is 1.25 bits per heavy atom. The number of unbranched alkanes of at least 4 members (excludes halogenated alkanes) is 3. The van der Waals surface area contributed by atoms with Crippen molar-refractivity contribution in [3.05, 3.63) is 28.2 Å². The van der Waals surface area contributed by atoms with E-state index < -0.39 is 6.10 Å². The molecule has 0 spiro atoms. The Hall–Kier alpha value is -0.480. The number of hydrogen-bond acceptors (Lipinski definition) is 3. The van der Waals surface area contributed by atoms with E-state index in [4.69, 9.17) is 27.9 Å². The van der Waals surface area contributed by atoms with E-state index in [1.54, 1.807) is 18.2 Å². The number of hydrogen-bond donors (Lipinski definition) is 2. The van der Waals surface area contributed by atoms with Gasteiger partial charge in [0.05, 0.1) is 5.02 Å². The molecule has 1 unspecified atom stereocenters. The maximum atomic E-state index is 9.81. The van der Waals surface area contributed by atoms with Gasteiger partial charge in [0.15, 0.2) is 0 Å². The molecule has 0 saturated carbocycles. The molecule has 0 aliphatic rings. The van der Waals surface area contributed by atoms with Crippen molar-refractivity contribution in [2.24, 2.45) is 0 Å². The molecule has 0 aromatic heterocycles. The highest BCUT2D eigenvalue weighted by atomic mass is 35.5. The summed E-state index contributed by atoms with van der Waals surface area (Å²) < 4.78 is 5.47. The van der Waals surface area contributed by atoms with Crippen molar-refractivity contribution in [2.45, 2.75) is 38.7 Å². The zero-order chi connectivity index (χ0) is 14.8. The molecule has 1 atom stereocenters. The lowest BCUT2D eigenvalue weighted by atomic mass is 10.2. The van der Waals surface area contributed by atoms with E-state index in [0.717, 1.165) is 13.0 Å². The van der Waals surface area contributed by atoms with E-state index in [0.29, 0.717) is 22.3 Å². The molecule has 5 heteroatoms. The summed E-state index contributed by atoms with van der Waals surface area (Å²) in [5.74, 6) is 0.501. The van der Waals surface area contributed by atoms with Crippen LogP contribution in [0.3, 0.4) is 0 Å². The number of halogens is 2. The highest BCUT2D eigenvalue weighted by Crippen LogP contribution is 2.27. The summed E-state index contributed by atoms with van der Waals surface area (Å²) in [5.41, 5.74) is 0. The van der Waals surface area contributed by atoms with Crippen LogP contribution in [0.25, 0.3) is 0 Å². The molecule has 0 radical (unpaired) electrons. The zero-order valence-corrected chi connectivity index (χ0v) is 13.4. The predicted octanol–water partition coefficient (Wildman–Crippen LogP) is 3.90. The summed E-state index contributed by atoms with van der Waals surface area (Å²) in [6, 6.07) is 5.03. The maximum absolute atomic E-state index is 9.81. The summed E-state index contributed by atoms with van der Waals surface area (Å²) in [7, 11) is 0. The molecule has 0 amide bonds. The van der Waals surface area contributed by atoms with Gasteiger partial charge in [-0.2, -0.15) is 0 Å². The fraction of sp³-hybridized carbons (Fsp3) is 0.600. The molecule has 0 bridgehead atoms. The highest BCUT2D eigenvalue weighted by molar-refractivity contribution is 6.34. The first-order valence-electron chi connectivity index (χ1n) is 7.10. The minimum atomic E-state index is -0.559. The molecule has 0 saturated heterocycles. The maximum Gasteiger partial charge on any atom is 0.139 e. The predicted molar refractivity (Wildman–Crippen MR) is 85.0 cm³/mol. The van der Waals surface area contributed by atoms with Crippen LogP contribution in [0, 0.1) is 0 Å². The average molecular weight is 320 g/mol. The van der Waals surface area contributed by atoms with Crippen molar-refractivity contribution in [1.82, 2.24) is 5.32 Å². The van der Waals surface area contributed by atoms with E-state index in [2.05, 4.69) is 12.2 Å². The third-order valence-corrected chi connectivity index (χ3v) is 3.46. The van der Waals surface area contributed by atoms with Crippen molar-refractivity contribution in [3.63, 3.8) is 0 Å². The number of aliphatic hydroxyl groups is 1. The first-order chi connectivity index (χ1) is 9.63. The van der Waals surface area contributed by atoms with Crippen LogP contribution in [0.15, 0.2) is 18.2 Å². The lowest BCUT2D eigenvalue weighted by Crippen LogP contribution is -2.32. The van der Waals surface area contributed by atoms with Crippen LogP contribution in [0.5, 0.6) is 5.75 Å². The molecule has 1 rings (SSSR count). The van der Waals surface area contributed by atoms with Gasteiger partial charge in [0.1, 0.15) is 18.5 Å². The van der Waals surface area contributed by atoms with Crippen molar-refractivity contribution in [3.8, 4) is 5.75 Å². The summed E-state index contributed by atoms with van der Waals surface area (Å²) in [6.45, 7) is 3.83. The molecule has 114 valence electrons. The van der Waals surface area contributed by atoms with E-state index >= 15 is 0 Å². The largest absolute Gasteiger partial charge is 0.489 e. The Morgan fingerprint density at radius 3 is 2.80 bits per heavy atom. The number of rotatable bonds is 10. The van der Waals surface area contributed by atoms with E-state index in [1.165, 1.54) is 19.3 Å². The minimum Gasteiger partial charge on any atom is -0.489 e. The molecular weight excluding hydrogens is 297 g/mol. The van der Waals surface area contributed by atoms with E-state index in [-0.39, 0.29) is 6.61 Å².